The molecule has 2 rings (SSSR count). The second-order valence-corrected chi connectivity index (χ2v) is 6.85. The molecule has 0 N–H and O–H groups in total. The highest BCUT2D eigenvalue weighted by atomic mass is 35.5. The van der Waals surface area contributed by atoms with E-state index in [1.807, 2.05) is 6.92 Å². The Morgan fingerprint density at radius 2 is 2.21 bits per heavy atom. The number of carbonyl (C=O) groups excluding carboxylic acids is 1. The second-order valence-electron chi connectivity index (χ2n) is 4.61. The van der Waals surface area contributed by atoms with Crippen LogP contribution in [0, 0.1) is 5.92 Å². The summed E-state index contributed by atoms with van der Waals surface area (Å²) < 4.78 is 25.6. The van der Waals surface area contributed by atoms with Crippen LogP contribution in [0.4, 0.5) is 0 Å². The van der Waals surface area contributed by atoms with Crippen LogP contribution in [0.2, 0.25) is 5.15 Å². The molecule has 1 unspecified atom stereocenters. The van der Waals surface area contributed by atoms with Crippen molar-refractivity contribution in [3.05, 3.63) is 23.5 Å². The summed E-state index contributed by atoms with van der Waals surface area (Å²) in [6, 6.07) is 2.77. The summed E-state index contributed by atoms with van der Waals surface area (Å²) in [7, 11) is -3.79. The van der Waals surface area contributed by atoms with E-state index < -0.39 is 10.0 Å². The van der Waals surface area contributed by atoms with Gasteiger partial charge in [-0.1, -0.05) is 24.9 Å². The van der Waals surface area contributed by atoms with Crippen LogP contribution in [0.5, 0.6) is 0 Å². The van der Waals surface area contributed by atoms with Crippen molar-refractivity contribution in [2.75, 3.05) is 6.54 Å². The third kappa shape index (κ3) is 2.90. The summed E-state index contributed by atoms with van der Waals surface area (Å²) in [5.41, 5.74) is 0. The molecule has 1 fully saturated rings. The van der Waals surface area contributed by atoms with Gasteiger partial charge >= 0.3 is 0 Å². The van der Waals surface area contributed by atoms with Gasteiger partial charge in [0, 0.05) is 19.2 Å². The van der Waals surface area contributed by atoms with Crippen LogP contribution >= 0.6 is 11.6 Å². The Morgan fingerprint density at radius 3 is 2.79 bits per heavy atom. The fourth-order valence-corrected chi connectivity index (χ4v) is 3.77. The topological polar surface area (TPSA) is 67.3 Å². The van der Waals surface area contributed by atoms with Crippen LogP contribution in [0.25, 0.3) is 0 Å². The maximum absolute atomic E-state index is 12.3. The standard InChI is InChI=1S/C12H15ClN2O3S/c1-2-3-9-6-12(16)15(8-9)19(17,18)10-4-5-11(13)14-7-10/h4-5,7,9H,2-3,6,8H2,1H3. The van der Waals surface area contributed by atoms with E-state index in [9.17, 15) is 13.2 Å². The Labute approximate surface area is 117 Å². The van der Waals surface area contributed by atoms with Gasteiger partial charge in [0.2, 0.25) is 5.91 Å². The number of hydrogen-bond acceptors (Lipinski definition) is 4. The van der Waals surface area contributed by atoms with Crippen molar-refractivity contribution in [3.63, 3.8) is 0 Å². The van der Waals surface area contributed by atoms with E-state index in [2.05, 4.69) is 4.98 Å². The lowest BCUT2D eigenvalue weighted by molar-refractivity contribution is -0.123. The largest absolute Gasteiger partial charge is 0.274 e. The van der Waals surface area contributed by atoms with E-state index in [1.54, 1.807) is 0 Å². The van der Waals surface area contributed by atoms with E-state index in [1.165, 1.54) is 18.3 Å². The highest BCUT2D eigenvalue weighted by Crippen LogP contribution is 2.27. The van der Waals surface area contributed by atoms with Gasteiger partial charge in [0.1, 0.15) is 10.0 Å². The van der Waals surface area contributed by atoms with Crippen LogP contribution in [-0.4, -0.2) is 30.2 Å². The van der Waals surface area contributed by atoms with Gasteiger partial charge < -0.3 is 0 Å². The van der Waals surface area contributed by atoms with E-state index >= 15 is 0 Å². The van der Waals surface area contributed by atoms with Crippen LogP contribution in [0.3, 0.4) is 0 Å². The molecule has 1 atom stereocenters. The van der Waals surface area contributed by atoms with Gasteiger partial charge in [-0.25, -0.2) is 17.7 Å². The molecule has 1 saturated heterocycles. The minimum Gasteiger partial charge on any atom is -0.274 e. The molecule has 19 heavy (non-hydrogen) atoms. The first-order chi connectivity index (χ1) is 8.95. The summed E-state index contributed by atoms with van der Waals surface area (Å²) in [6.07, 6.45) is 3.27. The normalized spacial score (nSPS) is 20.0. The lowest BCUT2D eigenvalue weighted by Gasteiger charge is -2.16. The average Bonchev–Trinajstić information content (AvgIpc) is 2.72. The van der Waals surface area contributed by atoms with E-state index in [4.69, 9.17) is 11.6 Å². The molecule has 104 valence electrons. The maximum Gasteiger partial charge on any atom is 0.268 e. The van der Waals surface area contributed by atoms with E-state index in [0.717, 1.165) is 17.1 Å². The summed E-state index contributed by atoms with van der Waals surface area (Å²) in [5, 5.41) is 0.218. The van der Waals surface area contributed by atoms with Crippen molar-refractivity contribution in [3.8, 4) is 0 Å². The van der Waals surface area contributed by atoms with Crippen molar-refractivity contribution < 1.29 is 13.2 Å². The molecule has 1 aliphatic rings. The molecule has 7 heteroatoms. The van der Waals surface area contributed by atoms with Gasteiger partial charge in [-0.05, 0) is 24.5 Å². The second kappa shape index (κ2) is 5.46. The van der Waals surface area contributed by atoms with Crippen LogP contribution in [0.15, 0.2) is 23.2 Å². The minimum atomic E-state index is -3.79. The molecule has 0 aliphatic carbocycles. The lowest BCUT2D eigenvalue weighted by atomic mass is 10.0. The third-order valence-electron chi connectivity index (χ3n) is 3.15. The molecular weight excluding hydrogens is 288 g/mol. The number of rotatable bonds is 4. The first-order valence-electron chi connectivity index (χ1n) is 6.12. The zero-order valence-corrected chi connectivity index (χ0v) is 12.1. The highest BCUT2D eigenvalue weighted by Gasteiger charge is 2.37. The lowest BCUT2D eigenvalue weighted by Crippen LogP contribution is -2.32. The zero-order chi connectivity index (χ0) is 14.0. The Bertz CT molecular complexity index is 571. The molecule has 1 aromatic heterocycles. The van der Waals surface area contributed by atoms with Crippen molar-refractivity contribution in [1.29, 1.82) is 0 Å². The van der Waals surface area contributed by atoms with Crippen LogP contribution in [-0.2, 0) is 14.8 Å². The van der Waals surface area contributed by atoms with Crippen molar-refractivity contribution in [1.82, 2.24) is 9.29 Å². The molecule has 0 radical (unpaired) electrons. The van der Waals surface area contributed by atoms with E-state index in [-0.39, 0.29) is 28.4 Å². The van der Waals surface area contributed by atoms with Crippen molar-refractivity contribution in [2.45, 2.75) is 31.1 Å². The Morgan fingerprint density at radius 1 is 1.47 bits per heavy atom. The third-order valence-corrected chi connectivity index (χ3v) is 5.14. The zero-order valence-electron chi connectivity index (χ0n) is 10.5. The number of halogens is 1. The van der Waals surface area contributed by atoms with Gasteiger partial charge in [0.15, 0.2) is 0 Å². The van der Waals surface area contributed by atoms with Gasteiger partial charge in [0.05, 0.1) is 0 Å². The quantitative estimate of drug-likeness (QED) is 0.799. The van der Waals surface area contributed by atoms with Gasteiger partial charge in [-0.15, -0.1) is 0 Å². The minimum absolute atomic E-state index is 0.00222. The van der Waals surface area contributed by atoms with Crippen LogP contribution in [0.1, 0.15) is 26.2 Å². The van der Waals surface area contributed by atoms with Gasteiger partial charge in [-0.3, -0.25) is 4.79 Å². The number of aromatic nitrogens is 1. The van der Waals surface area contributed by atoms with E-state index in [0.29, 0.717) is 6.42 Å². The molecule has 2 heterocycles. The monoisotopic (exact) mass is 302 g/mol. The Hall–Kier alpha value is -1.14. The molecule has 5 nitrogen and oxygen atoms in total. The number of sulfonamides is 1. The molecule has 0 saturated carbocycles. The number of amides is 1. The Balaban J connectivity index is 2.25. The number of nitrogens with zero attached hydrogens (tertiary/aromatic N) is 2. The molecule has 1 aromatic rings. The first-order valence-corrected chi connectivity index (χ1v) is 7.94. The highest BCUT2D eigenvalue weighted by molar-refractivity contribution is 7.89. The number of pyridine rings is 1. The Kier molecular flexibility index (Phi) is 4.10. The average molecular weight is 303 g/mol. The summed E-state index contributed by atoms with van der Waals surface area (Å²) in [5.74, 6) is -0.221. The van der Waals surface area contributed by atoms with Crippen LogP contribution < -0.4 is 0 Å². The maximum atomic E-state index is 12.3. The molecule has 0 aromatic carbocycles. The molecule has 1 amide bonds. The predicted octanol–water partition coefficient (Wildman–Crippen LogP) is 2.07. The fraction of sp³-hybridized carbons (Fsp3) is 0.500. The SMILES string of the molecule is CCCC1CC(=O)N(S(=O)(=O)c2ccc(Cl)nc2)C1. The summed E-state index contributed by atoms with van der Waals surface area (Å²) >= 11 is 5.63. The fourth-order valence-electron chi connectivity index (χ4n) is 2.23. The smallest absolute Gasteiger partial charge is 0.268 e. The first kappa shape index (κ1) is 14.3. The molecule has 0 spiro atoms. The van der Waals surface area contributed by atoms with Gasteiger partial charge in [-0.2, -0.15) is 0 Å². The van der Waals surface area contributed by atoms with Crippen molar-refractivity contribution in [2.24, 2.45) is 5.92 Å². The molecule has 1 aliphatic heterocycles. The summed E-state index contributed by atoms with van der Waals surface area (Å²) in [4.78, 5) is 15.6. The predicted molar refractivity (Wildman–Crippen MR) is 71.2 cm³/mol. The van der Waals surface area contributed by atoms with Gasteiger partial charge in [0.25, 0.3) is 10.0 Å². The number of carbonyl (C=O) groups is 1. The summed E-state index contributed by atoms with van der Waals surface area (Å²) in [6.45, 7) is 2.28. The number of hydrogen-bond donors (Lipinski definition) is 0. The van der Waals surface area contributed by atoms with Crippen molar-refractivity contribution >= 4 is 27.5 Å². The molecule has 0 bridgehead atoms. The molecular formula is C12H15ClN2O3S.